The smallest absolute Gasteiger partial charge is 0.0579 e. The maximum absolute atomic E-state index is 3.60. The van der Waals surface area contributed by atoms with Crippen LogP contribution in [0.2, 0.25) is 0 Å². The molecule has 0 spiro atoms. The van der Waals surface area contributed by atoms with Crippen molar-refractivity contribution in [3.8, 4) is 0 Å². The summed E-state index contributed by atoms with van der Waals surface area (Å²) in [6.45, 7) is 9.77. The van der Waals surface area contributed by atoms with Crippen LogP contribution in [0.1, 0.15) is 55.0 Å². The highest BCUT2D eigenvalue weighted by Gasteiger charge is 2.14. The normalized spacial score (nSPS) is 12.7. The largest absolute Gasteiger partial charge is 0.307 e. The number of hydrogen-bond acceptors (Lipinski definition) is 1. The molecule has 0 aliphatic carbocycles. The molecule has 2 aromatic carbocycles. The van der Waals surface area contributed by atoms with Gasteiger partial charge in [-0.1, -0.05) is 69.3 Å². The van der Waals surface area contributed by atoms with E-state index in [0.29, 0.717) is 5.92 Å². The third-order valence-electron chi connectivity index (χ3n) is 3.84. The van der Waals surface area contributed by atoms with E-state index in [0.717, 1.165) is 6.54 Å². The van der Waals surface area contributed by atoms with E-state index in [2.05, 4.69) is 81.5 Å². The van der Waals surface area contributed by atoms with Crippen molar-refractivity contribution in [2.45, 2.75) is 39.7 Å². The molecule has 1 atom stereocenters. The van der Waals surface area contributed by atoms with Gasteiger partial charge in [0.05, 0.1) is 6.04 Å². The Balaban J connectivity index is 2.36. The van der Waals surface area contributed by atoms with E-state index in [4.69, 9.17) is 0 Å². The highest BCUT2D eigenvalue weighted by molar-refractivity contribution is 5.38. The van der Waals surface area contributed by atoms with Gasteiger partial charge < -0.3 is 5.32 Å². The second-order valence-electron chi connectivity index (χ2n) is 5.67. The van der Waals surface area contributed by atoms with Crippen molar-refractivity contribution in [1.82, 2.24) is 5.32 Å². The van der Waals surface area contributed by atoms with E-state index in [9.17, 15) is 0 Å². The van der Waals surface area contributed by atoms with Crippen molar-refractivity contribution < 1.29 is 0 Å². The fourth-order valence-electron chi connectivity index (χ4n) is 2.60. The SMILES string of the molecule is CCNC(c1ccc(C(C)C)cc1)c1ccccc1C. The van der Waals surface area contributed by atoms with Crippen molar-refractivity contribution in [1.29, 1.82) is 0 Å². The van der Waals surface area contributed by atoms with Gasteiger partial charge in [0.1, 0.15) is 0 Å². The van der Waals surface area contributed by atoms with Crippen LogP contribution in [0.3, 0.4) is 0 Å². The van der Waals surface area contributed by atoms with Gasteiger partial charge in [-0.05, 0) is 41.6 Å². The van der Waals surface area contributed by atoms with Gasteiger partial charge in [0.15, 0.2) is 0 Å². The molecule has 1 heteroatoms. The minimum absolute atomic E-state index is 0.280. The summed E-state index contributed by atoms with van der Waals surface area (Å²) in [6, 6.07) is 17.9. The predicted molar refractivity (Wildman–Crippen MR) is 87.2 cm³/mol. The Labute approximate surface area is 123 Å². The van der Waals surface area contributed by atoms with Crippen LogP contribution in [0.4, 0.5) is 0 Å². The van der Waals surface area contributed by atoms with Gasteiger partial charge in [-0.2, -0.15) is 0 Å². The van der Waals surface area contributed by atoms with Crippen molar-refractivity contribution in [2.75, 3.05) is 6.54 Å². The van der Waals surface area contributed by atoms with Crippen LogP contribution in [-0.2, 0) is 0 Å². The first-order valence-electron chi connectivity index (χ1n) is 7.52. The molecule has 0 aliphatic rings. The summed E-state index contributed by atoms with van der Waals surface area (Å²) in [7, 11) is 0. The topological polar surface area (TPSA) is 12.0 Å². The zero-order valence-corrected chi connectivity index (χ0v) is 13.0. The predicted octanol–water partition coefficient (Wildman–Crippen LogP) is 4.82. The molecule has 0 saturated carbocycles. The summed E-state index contributed by atoms with van der Waals surface area (Å²) in [5.74, 6) is 0.583. The van der Waals surface area contributed by atoms with Gasteiger partial charge in [0, 0.05) is 0 Å². The molecular formula is C19H25N. The van der Waals surface area contributed by atoms with Gasteiger partial charge in [-0.3, -0.25) is 0 Å². The van der Waals surface area contributed by atoms with Crippen LogP contribution in [0.5, 0.6) is 0 Å². The number of hydrogen-bond donors (Lipinski definition) is 1. The zero-order chi connectivity index (χ0) is 14.5. The minimum Gasteiger partial charge on any atom is -0.307 e. The molecule has 1 unspecified atom stereocenters. The molecule has 0 heterocycles. The maximum atomic E-state index is 3.60. The minimum atomic E-state index is 0.280. The lowest BCUT2D eigenvalue weighted by molar-refractivity contribution is 0.627. The molecule has 0 aromatic heterocycles. The van der Waals surface area contributed by atoms with Gasteiger partial charge in [0.2, 0.25) is 0 Å². The first-order valence-corrected chi connectivity index (χ1v) is 7.52. The molecular weight excluding hydrogens is 242 g/mol. The molecule has 20 heavy (non-hydrogen) atoms. The first kappa shape index (κ1) is 14.8. The second kappa shape index (κ2) is 6.71. The van der Waals surface area contributed by atoms with E-state index < -0.39 is 0 Å². The Morgan fingerprint density at radius 3 is 2.05 bits per heavy atom. The molecule has 0 aliphatic heterocycles. The number of aryl methyl sites for hydroxylation is 1. The van der Waals surface area contributed by atoms with Crippen LogP contribution >= 0.6 is 0 Å². The molecule has 2 aromatic rings. The lowest BCUT2D eigenvalue weighted by Gasteiger charge is -2.21. The van der Waals surface area contributed by atoms with Crippen molar-refractivity contribution in [2.24, 2.45) is 0 Å². The molecule has 0 amide bonds. The van der Waals surface area contributed by atoms with E-state index in [1.165, 1.54) is 22.3 Å². The van der Waals surface area contributed by atoms with Crippen LogP contribution in [0, 0.1) is 6.92 Å². The maximum Gasteiger partial charge on any atom is 0.0579 e. The molecule has 2 rings (SSSR count). The van der Waals surface area contributed by atoms with Crippen LogP contribution < -0.4 is 5.32 Å². The Morgan fingerprint density at radius 1 is 0.900 bits per heavy atom. The Morgan fingerprint density at radius 2 is 1.50 bits per heavy atom. The van der Waals surface area contributed by atoms with E-state index in [-0.39, 0.29) is 6.04 Å². The van der Waals surface area contributed by atoms with Crippen LogP contribution in [0.25, 0.3) is 0 Å². The van der Waals surface area contributed by atoms with Gasteiger partial charge in [-0.25, -0.2) is 0 Å². The average Bonchev–Trinajstić information content (AvgIpc) is 2.46. The van der Waals surface area contributed by atoms with Crippen LogP contribution in [0.15, 0.2) is 48.5 Å². The standard InChI is InChI=1S/C19H25N/c1-5-20-19(18-9-7-6-8-15(18)4)17-12-10-16(11-13-17)14(2)3/h6-14,19-20H,5H2,1-4H3. The fourth-order valence-corrected chi connectivity index (χ4v) is 2.60. The molecule has 1 nitrogen and oxygen atoms in total. The first-order chi connectivity index (χ1) is 9.63. The Kier molecular flexibility index (Phi) is 4.97. The Bertz CT molecular complexity index is 540. The van der Waals surface area contributed by atoms with Crippen molar-refractivity contribution >= 4 is 0 Å². The molecule has 0 bridgehead atoms. The summed E-state index contributed by atoms with van der Waals surface area (Å²) in [6.07, 6.45) is 0. The van der Waals surface area contributed by atoms with Crippen molar-refractivity contribution in [3.05, 3.63) is 70.8 Å². The molecule has 0 saturated heterocycles. The summed E-state index contributed by atoms with van der Waals surface area (Å²) in [5.41, 5.74) is 5.44. The zero-order valence-electron chi connectivity index (χ0n) is 13.0. The highest BCUT2D eigenvalue weighted by Crippen LogP contribution is 2.26. The van der Waals surface area contributed by atoms with Crippen LogP contribution in [-0.4, -0.2) is 6.54 Å². The fraction of sp³-hybridized carbons (Fsp3) is 0.368. The summed E-state index contributed by atoms with van der Waals surface area (Å²) < 4.78 is 0. The summed E-state index contributed by atoms with van der Waals surface area (Å²) in [4.78, 5) is 0. The summed E-state index contributed by atoms with van der Waals surface area (Å²) in [5, 5.41) is 3.60. The van der Waals surface area contributed by atoms with Crippen molar-refractivity contribution in [3.63, 3.8) is 0 Å². The molecule has 106 valence electrons. The number of rotatable bonds is 5. The molecule has 0 fully saturated rings. The van der Waals surface area contributed by atoms with E-state index in [1.807, 2.05) is 0 Å². The average molecular weight is 267 g/mol. The third kappa shape index (κ3) is 3.29. The summed E-state index contributed by atoms with van der Waals surface area (Å²) >= 11 is 0. The third-order valence-corrected chi connectivity index (χ3v) is 3.84. The monoisotopic (exact) mass is 267 g/mol. The number of nitrogens with one attached hydrogen (secondary N) is 1. The second-order valence-corrected chi connectivity index (χ2v) is 5.67. The Hall–Kier alpha value is -1.60. The molecule has 0 radical (unpaired) electrons. The van der Waals surface area contributed by atoms with E-state index >= 15 is 0 Å². The van der Waals surface area contributed by atoms with Gasteiger partial charge in [-0.15, -0.1) is 0 Å². The van der Waals surface area contributed by atoms with Gasteiger partial charge in [0.25, 0.3) is 0 Å². The quantitative estimate of drug-likeness (QED) is 0.819. The lowest BCUT2D eigenvalue weighted by Crippen LogP contribution is -2.22. The lowest BCUT2D eigenvalue weighted by atomic mass is 9.93. The highest BCUT2D eigenvalue weighted by atomic mass is 14.9. The number of benzene rings is 2. The molecule has 1 N–H and O–H groups in total. The van der Waals surface area contributed by atoms with E-state index in [1.54, 1.807) is 0 Å². The van der Waals surface area contributed by atoms with Gasteiger partial charge >= 0.3 is 0 Å².